The number of likely N-dealkylation sites (N-methyl/N-ethyl adjacent to an activating group) is 2. The third-order valence-corrected chi connectivity index (χ3v) is 5.25. The van der Waals surface area contributed by atoms with Gasteiger partial charge in [0, 0.05) is 50.8 Å². The van der Waals surface area contributed by atoms with Gasteiger partial charge in [-0.3, -0.25) is 9.89 Å². The van der Waals surface area contributed by atoms with Crippen LogP contribution in [0.5, 0.6) is 0 Å². The van der Waals surface area contributed by atoms with E-state index >= 15 is 0 Å². The molecule has 0 bridgehead atoms. The number of hydrogen-bond donors (Lipinski definition) is 2. The van der Waals surface area contributed by atoms with E-state index in [0.717, 1.165) is 50.1 Å². The number of nitrogens with one attached hydrogen (secondary N) is 2. The fourth-order valence-corrected chi connectivity index (χ4v) is 3.55. The minimum Gasteiger partial charge on any atom is -0.356 e. The summed E-state index contributed by atoms with van der Waals surface area (Å²) in [6, 6.07) is 8.62. The van der Waals surface area contributed by atoms with Crippen molar-refractivity contribution in [3.63, 3.8) is 0 Å². The first-order chi connectivity index (χ1) is 12.3. The summed E-state index contributed by atoms with van der Waals surface area (Å²) in [6.45, 7) is 9.60. The van der Waals surface area contributed by atoms with Crippen molar-refractivity contribution >= 4 is 17.6 Å². The van der Waals surface area contributed by atoms with E-state index in [1.165, 1.54) is 5.56 Å². The summed E-state index contributed by atoms with van der Waals surface area (Å²) < 4.78 is 0. The highest BCUT2D eigenvalue weighted by Gasteiger charge is 2.23. The second-order valence-electron chi connectivity index (χ2n) is 8.17. The highest BCUT2D eigenvalue weighted by molar-refractivity contribution is 6.30. The van der Waals surface area contributed by atoms with E-state index in [1.807, 2.05) is 25.2 Å². The van der Waals surface area contributed by atoms with Crippen molar-refractivity contribution in [2.45, 2.75) is 26.3 Å². The number of benzene rings is 1. The van der Waals surface area contributed by atoms with Gasteiger partial charge in [0.1, 0.15) is 0 Å². The third-order valence-electron chi connectivity index (χ3n) is 5.02. The van der Waals surface area contributed by atoms with Crippen LogP contribution in [-0.4, -0.2) is 75.7 Å². The molecule has 1 aliphatic rings. The molecular weight excluding hydrogens is 346 g/mol. The fraction of sp³-hybridized carbons (Fsp3) is 0.650. The molecule has 2 N–H and O–H groups in total. The van der Waals surface area contributed by atoms with E-state index in [9.17, 15) is 0 Å². The highest BCUT2D eigenvalue weighted by atomic mass is 35.5. The Bertz CT molecular complexity index is 602. The van der Waals surface area contributed by atoms with Gasteiger partial charge >= 0.3 is 0 Å². The van der Waals surface area contributed by atoms with Crippen molar-refractivity contribution < 1.29 is 0 Å². The van der Waals surface area contributed by atoms with Crippen LogP contribution >= 0.6 is 11.6 Å². The lowest BCUT2D eigenvalue weighted by atomic mass is 9.86. The van der Waals surface area contributed by atoms with Crippen LogP contribution in [0.1, 0.15) is 19.4 Å². The number of nitrogens with zero attached hydrogens (tertiary/aromatic N) is 3. The number of piperazine rings is 1. The van der Waals surface area contributed by atoms with Crippen molar-refractivity contribution in [1.29, 1.82) is 0 Å². The van der Waals surface area contributed by atoms with Crippen LogP contribution in [0.25, 0.3) is 0 Å². The molecule has 6 heteroatoms. The zero-order chi connectivity index (χ0) is 19.2. The van der Waals surface area contributed by atoms with Crippen LogP contribution in [0, 0.1) is 5.41 Å². The number of hydrogen-bond acceptors (Lipinski definition) is 3. The summed E-state index contributed by atoms with van der Waals surface area (Å²) in [5.74, 6) is 0.866. The van der Waals surface area contributed by atoms with Crippen LogP contribution in [0.4, 0.5) is 0 Å². The molecule has 0 spiro atoms. The van der Waals surface area contributed by atoms with Crippen LogP contribution in [0.3, 0.4) is 0 Å². The van der Waals surface area contributed by atoms with Gasteiger partial charge in [-0.1, -0.05) is 37.6 Å². The lowest BCUT2D eigenvalue weighted by molar-refractivity contribution is 0.116. The first kappa shape index (κ1) is 21.0. The van der Waals surface area contributed by atoms with Gasteiger partial charge in [-0.25, -0.2) is 0 Å². The average molecular weight is 380 g/mol. The minimum atomic E-state index is 0.101. The maximum Gasteiger partial charge on any atom is 0.191 e. The van der Waals surface area contributed by atoms with E-state index < -0.39 is 0 Å². The molecule has 1 heterocycles. The number of guanidine groups is 1. The van der Waals surface area contributed by atoms with Gasteiger partial charge in [-0.15, -0.1) is 0 Å². The lowest BCUT2D eigenvalue weighted by Gasteiger charge is -2.38. The summed E-state index contributed by atoms with van der Waals surface area (Å²) in [4.78, 5) is 9.19. The fourth-order valence-electron chi connectivity index (χ4n) is 3.34. The Balaban J connectivity index is 1.81. The zero-order valence-corrected chi connectivity index (χ0v) is 17.6. The van der Waals surface area contributed by atoms with Gasteiger partial charge in [0.15, 0.2) is 5.96 Å². The van der Waals surface area contributed by atoms with Crippen molar-refractivity contribution in [3.05, 3.63) is 34.9 Å². The Hall–Kier alpha value is -1.30. The van der Waals surface area contributed by atoms with Gasteiger partial charge in [-0.05, 0) is 43.6 Å². The molecule has 26 heavy (non-hydrogen) atoms. The van der Waals surface area contributed by atoms with Gasteiger partial charge in [-0.2, -0.15) is 0 Å². The van der Waals surface area contributed by atoms with E-state index in [4.69, 9.17) is 11.6 Å². The normalized spacial score (nSPS) is 20.2. The molecule has 1 unspecified atom stereocenters. The van der Waals surface area contributed by atoms with Gasteiger partial charge < -0.3 is 15.5 Å². The SMILES string of the molecule is CN=C(NCC1CN(C)CCN1C)NCC(C)(C)Cc1cccc(Cl)c1. The largest absolute Gasteiger partial charge is 0.356 e. The first-order valence-electron chi connectivity index (χ1n) is 9.37. The third kappa shape index (κ3) is 6.78. The molecule has 1 fully saturated rings. The molecule has 146 valence electrons. The molecule has 1 saturated heterocycles. The predicted molar refractivity (Wildman–Crippen MR) is 112 cm³/mol. The van der Waals surface area contributed by atoms with Crippen molar-refractivity contribution in [2.24, 2.45) is 10.4 Å². The summed E-state index contributed by atoms with van der Waals surface area (Å²) in [7, 11) is 6.21. The lowest BCUT2D eigenvalue weighted by Crippen LogP contribution is -2.55. The quantitative estimate of drug-likeness (QED) is 0.588. The van der Waals surface area contributed by atoms with Gasteiger partial charge in [0.05, 0.1) is 0 Å². The predicted octanol–water partition coefficient (Wildman–Crippen LogP) is 2.32. The smallest absolute Gasteiger partial charge is 0.191 e. The van der Waals surface area contributed by atoms with Crippen molar-refractivity contribution in [1.82, 2.24) is 20.4 Å². The second kappa shape index (κ2) is 9.58. The molecule has 5 nitrogen and oxygen atoms in total. The van der Waals surface area contributed by atoms with E-state index in [1.54, 1.807) is 0 Å². The first-order valence-corrected chi connectivity index (χ1v) is 9.74. The van der Waals surface area contributed by atoms with Crippen LogP contribution in [0.15, 0.2) is 29.3 Å². The maximum absolute atomic E-state index is 6.11. The molecule has 1 atom stereocenters. The minimum absolute atomic E-state index is 0.101. The molecule has 2 rings (SSSR count). The molecule has 0 radical (unpaired) electrons. The standard InChI is InChI=1S/C20H34ClN5/c1-20(2,12-16-7-6-8-17(21)11-16)15-24-19(22-3)23-13-18-14-25(4)9-10-26(18)5/h6-8,11,18H,9-10,12-15H2,1-5H3,(H2,22,23,24). The monoisotopic (exact) mass is 379 g/mol. The Morgan fingerprint density at radius 1 is 1.27 bits per heavy atom. The Kier molecular flexibility index (Phi) is 7.74. The molecule has 0 aliphatic carbocycles. The number of rotatable bonds is 6. The molecular formula is C20H34ClN5. The number of halogens is 1. The summed E-state index contributed by atoms with van der Waals surface area (Å²) in [6.07, 6.45) is 0.966. The van der Waals surface area contributed by atoms with Gasteiger partial charge in [0.2, 0.25) is 0 Å². The summed E-state index contributed by atoms with van der Waals surface area (Å²) in [5.41, 5.74) is 1.36. The van der Waals surface area contributed by atoms with Crippen molar-refractivity contribution in [2.75, 3.05) is 53.9 Å². The molecule has 0 amide bonds. The van der Waals surface area contributed by atoms with Crippen LogP contribution < -0.4 is 10.6 Å². The molecule has 0 aromatic heterocycles. The molecule has 1 aromatic carbocycles. The highest BCUT2D eigenvalue weighted by Crippen LogP contribution is 2.22. The number of aliphatic imine (C=N–C) groups is 1. The second-order valence-corrected chi connectivity index (χ2v) is 8.61. The van der Waals surface area contributed by atoms with Crippen molar-refractivity contribution in [3.8, 4) is 0 Å². The molecule has 0 saturated carbocycles. The topological polar surface area (TPSA) is 42.9 Å². The van der Waals surface area contributed by atoms with E-state index in [2.05, 4.69) is 59.4 Å². The Labute approximate surface area is 163 Å². The zero-order valence-electron chi connectivity index (χ0n) is 16.8. The van der Waals surface area contributed by atoms with E-state index in [-0.39, 0.29) is 5.41 Å². The average Bonchev–Trinajstić information content (AvgIpc) is 2.57. The maximum atomic E-state index is 6.11. The van der Waals surface area contributed by atoms with Crippen LogP contribution in [0.2, 0.25) is 5.02 Å². The van der Waals surface area contributed by atoms with E-state index in [0.29, 0.717) is 6.04 Å². The summed E-state index contributed by atoms with van der Waals surface area (Å²) >= 11 is 6.11. The molecule has 1 aromatic rings. The summed E-state index contributed by atoms with van der Waals surface area (Å²) in [5, 5.41) is 7.77. The Morgan fingerprint density at radius 3 is 2.73 bits per heavy atom. The Morgan fingerprint density at radius 2 is 2.04 bits per heavy atom. The van der Waals surface area contributed by atoms with Crippen LogP contribution in [-0.2, 0) is 6.42 Å². The molecule has 1 aliphatic heterocycles. The van der Waals surface area contributed by atoms with Gasteiger partial charge in [0.25, 0.3) is 0 Å².